The highest BCUT2D eigenvalue weighted by molar-refractivity contribution is 5.67. The van der Waals surface area contributed by atoms with E-state index in [9.17, 15) is 14.4 Å². The Bertz CT molecular complexity index is 286. The topological polar surface area (TPSA) is 96.2 Å². The number of carbonyl (C=O) groups excluding carboxylic acids is 2. The number of carbonyl (C=O) groups is 1. The van der Waals surface area contributed by atoms with Crippen LogP contribution in [0.15, 0.2) is 9.98 Å². The van der Waals surface area contributed by atoms with Gasteiger partial charge in [0.1, 0.15) is 0 Å². The molecule has 6 nitrogen and oxygen atoms in total. The van der Waals surface area contributed by atoms with Crippen molar-refractivity contribution in [2.45, 2.75) is 19.3 Å². The third-order valence-corrected chi connectivity index (χ3v) is 1.82. The molecule has 1 N–H and O–H groups in total. The van der Waals surface area contributed by atoms with Gasteiger partial charge < -0.3 is 5.11 Å². The van der Waals surface area contributed by atoms with E-state index in [-0.39, 0.29) is 18.9 Å². The zero-order valence-electron chi connectivity index (χ0n) is 8.18. The summed E-state index contributed by atoms with van der Waals surface area (Å²) in [7, 11) is 0. The molecule has 0 amide bonds. The molecule has 1 atom stereocenters. The van der Waals surface area contributed by atoms with Gasteiger partial charge in [0.15, 0.2) is 0 Å². The molecule has 0 radical (unpaired) electrons. The molecule has 15 heavy (non-hydrogen) atoms. The number of carboxylic acid groups (broad SMARTS) is 1. The first kappa shape index (κ1) is 13.2. The summed E-state index contributed by atoms with van der Waals surface area (Å²) in [6.07, 6.45) is 3.86. The molecule has 1 unspecified atom stereocenters. The monoisotopic (exact) mass is 212 g/mol. The first-order chi connectivity index (χ1) is 7.20. The second-order valence-corrected chi connectivity index (χ2v) is 3.01. The van der Waals surface area contributed by atoms with Gasteiger partial charge in [-0.1, -0.05) is 0 Å². The van der Waals surface area contributed by atoms with Gasteiger partial charge in [-0.05, 0) is 18.8 Å². The van der Waals surface area contributed by atoms with Crippen LogP contribution in [-0.4, -0.2) is 36.3 Å². The lowest BCUT2D eigenvalue weighted by atomic mass is 10.00. The van der Waals surface area contributed by atoms with Crippen LogP contribution in [0.4, 0.5) is 0 Å². The summed E-state index contributed by atoms with van der Waals surface area (Å²) in [6.45, 7) is 0.477. The SMILES string of the molecule is O=C=NCCCC(CN=C=O)CC(=O)O. The molecule has 0 aromatic heterocycles. The molecular formula is C9H12N2O4. The maximum absolute atomic E-state index is 10.4. The number of aliphatic imine (C=N–C) groups is 2. The minimum atomic E-state index is -0.931. The Balaban J connectivity index is 3.93. The molecule has 0 aromatic carbocycles. The van der Waals surface area contributed by atoms with Crippen LogP contribution in [-0.2, 0) is 14.4 Å². The van der Waals surface area contributed by atoms with Gasteiger partial charge in [-0.2, -0.15) is 0 Å². The van der Waals surface area contributed by atoms with Crippen LogP contribution in [0.2, 0.25) is 0 Å². The first-order valence-corrected chi connectivity index (χ1v) is 4.49. The molecule has 0 spiro atoms. The standard InChI is InChI=1S/C9H12N2O4/c12-6-10-3-1-2-8(4-9(14)15)5-11-7-13/h8H,1-5H2,(H,14,15). The quantitative estimate of drug-likeness (QED) is 0.360. The summed E-state index contributed by atoms with van der Waals surface area (Å²) in [5, 5.41) is 8.56. The van der Waals surface area contributed by atoms with Crippen molar-refractivity contribution in [1.82, 2.24) is 0 Å². The summed E-state index contributed by atoms with van der Waals surface area (Å²) < 4.78 is 0. The number of hydrogen-bond donors (Lipinski definition) is 1. The van der Waals surface area contributed by atoms with Crippen LogP contribution < -0.4 is 0 Å². The maximum atomic E-state index is 10.4. The lowest BCUT2D eigenvalue weighted by Crippen LogP contribution is -2.11. The Morgan fingerprint density at radius 3 is 2.47 bits per heavy atom. The molecule has 82 valence electrons. The highest BCUT2D eigenvalue weighted by atomic mass is 16.4. The summed E-state index contributed by atoms with van der Waals surface area (Å²) in [5.41, 5.74) is 0. The minimum absolute atomic E-state index is 0.0457. The fourth-order valence-electron chi connectivity index (χ4n) is 1.18. The molecule has 0 heterocycles. The molecule has 0 aliphatic carbocycles. The molecule has 0 rings (SSSR count). The second kappa shape index (κ2) is 8.81. The van der Waals surface area contributed by atoms with Gasteiger partial charge in [0.05, 0.1) is 13.1 Å². The summed E-state index contributed by atoms with van der Waals surface area (Å²) in [5.74, 6) is -1.13. The van der Waals surface area contributed by atoms with Crippen LogP contribution >= 0.6 is 0 Å². The Morgan fingerprint density at radius 1 is 1.27 bits per heavy atom. The lowest BCUT2D eigenvalue weighted by molar-refractivity contribution is -0.138. The summed E-state index contributed by atoms with van der Waals surface area (Å²) >= 11 is 0. The Labute approximate surface area is 86.7 Å². The van der Waals surface area contributed by atoms with Gasteiger partial charge >= 0.3 is 5.97 Å². The van der Waals surface area contributed by atoms with Crippen molar-refractivity contribution in [3.05, 3.63) is 0 Å². The summed E-state index contributed by atoms with van der Waals surface area (Å²) in [4.78, 5) is 36.7. The molecular weight excluding hydrogens is 200 g/mol. The predicted molar refractivity (Wildman–Crippen MR) is 51.0 cm³/mol. The van der Waals surface area contributed by atoms with Gasteiger partial charge in [0.2, 0.25) is 12.2 Å². The van der Waals surface area contributed by atoms with E-state index in [4.69, 9.17) is 5.11 Å². The van der Waals surface area contributed by atoms with Crippen molar-refractivity contribution in [3.63, 3.8) is 0 Å². The Hall–Kier alpha value is -1.77. The Kier molecular flexibility index (Phi) is 7.77. The van der Waals surface area contributed by atoms with Crippen molar-refractivity contribution in [3.8, 4) is 0 Å². The number of rotatable bonds is 8. The highest BCUT2D eigenvalue weighted by Crippen LogP contribution is 2.11. The van der Waals surface area contributed by atoms with Gasteiger partial charge in [-0.3, -0.25) is 4.79 Å². The molecule has 0 aliphatic rings. The molecule has 6 heteroatoms. The molecule has 0 aliphatic heterocycles. The normalized spacial score (nSPS) is 10.9. The van der Waals surface area contributed by atoms with Gasteiger partial charge in [0, 0.05) is 6.42 Å². The predicted octanol–water partition coefficient (Wildman–Crippen LogP) is 0.529. The molecule has 0 fully saturated rings. The van der Waals surface area contributed by atoms with Crippen LogP contribution in [0.5, 0.6) is 0 Å². The zero-order chi connectivity index (χ0) is 11.5. The van der Waals surface area contributed by atoms with Crippen molar-refractivity contribution in [2.75, 3.05) is 13.1 Å². The third-order valence-electron chi connectivity index (χ3n) is 1.82. The molecule has 0 bridgehead atoms. The maximum Gasteiger partial charge on any atom is 0.303 e. The average molecular weight is 212 g/mol. The lowest BCUT2D eigenvalue weighted by Gasteiger charge is -2.09. The smallest absolute Gasteiger partial charge is 0.303 e. The number of carboxylic acids is 1. The van der Waals surface area contributed by atoms with Crippen molar-refractivity contribution < 1.29 is 19.5 Å². The van der Waals surface area contributed by atoms with Crippen LogP contribution in [0.3, 0.4) is 0 Å². The number of hydrogen-bond acceptors (Lipinski definition) is 5. The Morgan fingerprint density at radius 2 is 1.93 bits per heavy atom. The van der Waals surface area contributed by atoms with Crippen molar-refractivity contribution in [1.29, 1.82) is 0 Å². The fraction of sp³-hybridized carbons (Fsp3) is 0.667. The third kappa shape index (κ3) is 8.56. The van der Waals surface area contributed by atoms with E-state index in [1.807, 2.05) is 0 Å². The van der Waals surface area contributed by atoms with Crippen molar-refractivity contribution in [2.24, 2.45) is 15.9 Å². The van der Waals surface area contributed by atoms with E-state index in [2.05, 4.69) is 9.98 Å². The largest absolute Gasteiger partial charge is 0.481 e. The number of aliphatic carboxylic acids is 1. The van der Waals surface area contributed by atoms with Crippen LogP contribution in [0.1, 0.15) is 19.3 Å². The van der Waals surface area contributed by atoms with E-state index >= 15 is 0 Å². The number of isocyanates is 2. The second-order valence-electron chi connectivity index (χ2n) is 3.01. The molecule has 0 aromatic rings. The fourth-order valence-corrected chi connectivity index (χ4v) is 1.18. The molecule has 0 saturated carbocycles. The molecule has 0 saturated heterocycles. The van der Waals surface area contributed by atoms with E-state index in [1.165, 1.54) is 12.2 Å². The average Bonchev–Trinajstić information content (AvgIpc) is 2.19. The van der Waals surface area contributed by atoms with E-state index in [0.717, 1.165) is 0 Å². The van der Waals surface area contributed by atoms with Crippen LogP contribution in [0.25, 0.3) is 0 Å². The van der Waals surface area contributed by atoms with E-state index < -0.39 is 5.97 Å². The number of nitrogens with zero attached hydrogens (tertiary/aromatic N) is 2. The zero-order valence-corrected chi connectivity index (χ0v) is 8.18. The van der Waals surface area contributed by atoms with Gasteiger partial charge in [-0.15, -0.1) is 0 Å². The van der Waals surface area contributed by atoms with Gasteiger partial charge in [-0.25, -0.2) is 19.6 Å². The first-order valence-electron chi connectivity index (χ1n) is 4.49. The van der Waals surface area contributed by atoms with Crippen molar-refractivity contribution >= 4 is 18.1 Å². The van der Waals surface area contributed by atoms with Crippen LogP contribution in [0, 0.1) is 5.92 Å². The summed E-state index contributed by atoms with van der Waals surface area (Å²) in [6, 6.07) is 0. The van der Waals surface area contributed by atoms with Gasteiger partial charge in [0.25, 0.3) is 0 Å². The highest BCUT2D eigenvalue weighted by Gasteiger charge is 2.12. The van der Waals surface area contributed by atoms with E-state index in [0.29, 0.717) is 19.4 Å². The minimum Gasteiger partial charge on any atom is -0.481 e. The van der Waals surface area contributed by atoms with E-state index in [1.54, 1.807) is 0 Å².